The number of allylic oxidation sites excluding steroid dienone is 2. The van der Waals surface area contributed by atoms with Crippen LogP contribution in [0.4, 0.5) is 0 Å². The maximum absolute atomic E-state index is 12.8. The van der Waals surface area contributed by atoms with Gasteiger partial charge in [-0.05, 0) is 50.9 Å². The van der Waals surface area contributed by atoms with Crippen LogP contribution in [0.5, 0.6) is 0 Å². The Hall–Kier alpha value is -1.63. The Kier molecular flexibility index (Phi) is 11.4. The number of unbranched alkanes of at least 4 members (excludes halogenated alkanes) is 2. The number of nitrogens with one attached hydrogen (secondary N) is 1. The summed E-state index contributed by atoms with van der Waals surface area (Å²) in [4.78, 5) is 24.6. The minimum absolute atomic E-state index is 0.0816. The molecule has 0 aliphatic carbocycles. The molecule has 0 aromatic heterocycles. The number of sulfone groups is 1. The van der Waals surface area contributed by atoms with Gasteiger partial charge in [-0.3, -0.25) is 9.59 Å². The zero-order valence-corrected chi connectivity index (χ0v) is 19.6. The van der Waals surface area contributed by atoms with Gasteiger partial charge in [0.05, 0.1) is 23.5 Å². The van der Waals surface area contributed by atoms with Crippen LogP contribution in [0.3, 0.4) is 0 Å². The molecule has 1 aliphatic heterocycles. The Morgan fingerprint density at radius 1 is 1.23 bits per heavy atom. The molecule has 5 atom stereocenters. The fraction of sp³-hybridized carbons (Fsp3) is 0.739. The molecule has 7 heteroatoms. The molecule has 1 saturated heterocycles. The lowest BCUT2D eigenvalue weighted by atomic mass is 9.91. The van der Waals surface area contributed by atoms with Crippen molar-refractivity contribution in [1.29, 1.82) is 0 Å². The minimum Gasteiger partial charge on any atom is -0.460 e. The van der Waals surface area contributed by atoms with Gasteiger partial charge < -0.3 is 10.1 Å². The van der Waals surface area contributed by atoms with Gasteiger partial charge in [-0.15, -0.1) is 13.2 Å². The SMILES string of the molecule is C=CCCCCS(=O)(=O)CC(C)C(=O)N[C@@H](C[C@H](C)CCC=C)[C@@H]1C[C@@H](C)C(=O)O1. The molecule has 1 N–H and O–H groups in total. The first-order chi connectivity index (χ1) is 14.1. The van der Waals surface area contributed by atoms with Crippen LogP contribution < -0.4 is 5.32 Å². The number of ether oxygens (including phenoxy) is 1. The van der Waals surface area contributed by atoms with Crippen LogP contribution in [0.25, 0.3) is 0 Å². The Bertz CT molecular complexity index is 688. The molecule has 1 fully saturated rings. The molecule has 1 rings (SSSR count). The van der Waals surface area contributed by atoms with Gasteiger partial charge >= 0.3 is 5.97 Å². The quantitative estimate of drug-likeness (QED) is 0.237. The highest BCUT2D eigenvalue weighted by Crippen LogP contribution is 2.27. The van der Waals surface area contributed by atoms with E-state index in [0.29, 0.717) is 25.2 Å². The van der Waals surface area contributed by atoms with E-state index in [1.165, 1.54) is 0 Å². The van der Waals surface area contributed by atoms with E-state index >= 15 is 0 Å². The fourth-order valence-electron chi connectivity index (χ4n) is 3.74. The Morgan fingerprint density at radius 2 is 1.90 bits per heavy atom. The topological polar surface area (TPSA) is 89.5 Å². The molecule has 0 bridgehead atoms. The lowest BCUT2D eigenvalue weighted by molar-refractivity contribution is -0.145. The van der Waals surface area contributed by atoms with Crippen molar-refractivity contribution in [2.45, 2.75) is 77.9 Å². The predicted molar refractivity (Wildman–Crippen MR) is 121 cm³/mol. The molecule has 1 amide bonds. The number of hydrogen-bond acceptors (Lipinski definition) is 5. The van der Waals surface area contributed by atoms with Crippen molar-refractivity contribution < 1.29 is 22.7 Å². The van der Waals surface area contributed by atoms with E-state index < -0.39 is 15.8 Å². The molecule has 0 aromatic carbocycles. The third kappa shape index (κ3) is 9.45. The Labute approximate surface area is 182 Å². The fourth-order valence-corrected chi connectivity index (χ4v) is 5.46. The standard InChI is InChI=1S/C23H39NO5S/c1-6-8-10-11-13-30(27,28)16-19(5)22(25)24-20(14-17(3)12-9-7-2)21-15-18(4)23(26)29-21/h6-7,17-21H,1-2,8-16H2,3-5H3,(H,24,25)/t17-,18-,19?,20+,21+/m1/s1. The van der Waals surface area contributed by atoms with Crippen LogP contribution in [0.2, 0.25) is 0 Å². The molecule has 0 aromatic rings. The second kappa shape index (κ2) is 12.9. The highest BCUT2D eigenvalue weighted by atomic mass is 32.2. The lowest BCUT2D eigenvalue weighted by Gasteiger charge is -2.27. The Morgan fingerprint density at radius 3 is 2.47 bits per heavy atom. The van der Waals surface area contributed by atoms with Gasteiger partial charge in [0.15, 0.2) is 9.84 Å². The summed E-state index contributed by atoms with van der Waals surface area (Å²) >= 11 is 0. The van der Waals surface area contributed by atoms with E-state index in [1.807, 2.05) is 13.0 Å². The van der Waals surface area contributed by atoms with Gasteiger partial charge in [-0.1, -0.05) is 32.9 Å². The van der Waals surface area contributed by atoms with Crippen molar-refractivity contribution in [2.24, 2.45) is 17.8 Å². The van der Waals surface area contributed by atoms with E-state index in [0.717, 1.165) is 25.7 Å². The smallest absolute Gasteiger partial charge is 0.309 e. The summed E-state index contributed by atoms with van der Waals surface area (Å²) in [6.45, 7) is 12.9. The molecular weight excluding hydrogens is 402 g/mol. The van der Waals surface area contributed by atoms with Gasteiger partial charge in [0.1, 0.15) is 6.10 Å². The summed E-state index contributed by atoms with van der Waals surface area (Å²) in [6, 6.07) is -0.316. The van der Waals surface area contributed by atoms with E-state index in [9.17, 15) is 18.0 Å². The molecule has 1 aliphatic rings. The van der Waals surface area contributed by atoms with Gasteiger partial charge in [0, 0.05) is 5.92 Å². The van der Waals surface area contributed by atoms with Crippen molar-refractivity contribution in [3.05, 3.63) is 25.3 Å². The summed E-state index contributed by atoms with van der Waals surface area (Å²) in [7, 11) is -3.31. The van der Waals surface area contributed by atoms with Crippen molar-refractivity contribution >= 4 is 21.7 Å². The van der Waals surface area contributed by atoms with Gasteiger partial charge in [-0.25, -0.2) is 8.42 Å². The van der Waals surface area contributed by atoms with Crippen LogP contribution in [0.1, 0.15) is 65.7 Å². The molecule has 0 radical (unpaired) electrons. The van der Waals surface area contributed by atoms with Crippen LogP contribution >= 0.6 is 0 Å². The third-order valence-corrected chi connectivity index (χ3v) is 7.54. The highest BCUT2D eigenvalue weighted by Gasteiger charge is 2.38. The average Bonchev–Trinajstić information content (AvgIpc) is 3.01. The largest absolute Gasteiger partial charge is 0.460 e. The minimum atomic E-state index is -3.31. The molecule has 1 unspecified atom stereocenters. The Balaban J connectivity index is 2.71. The zero-order valence-electron chi connectivity index (χ0n) is 18.8. The van der Waals surface area contributed by atoms with Crippen LogP contribution in [-0.4, -0.2) is 43.9 Å². The number of carbonyl (C=O) groups is 2. The summed E-state index contributed by atoms with van der Waals surface area (Å²) < 4.78 is 30.2. The number of carbonyl (C=O) groups excluding carboxylic acids is 2. The van der Waals surface area contributed by atoms with Crippen molar-refractivity contribution in [2.75, 3.05) is 11.5 Å². The lowest BCUT2D eigenvalue weighted by Crippen LogP contribution is -2.47. The molecular formula is C23H39NO5S. The summed E-state index contributed by atoms with van der Waals surface area (Å²) in [5.41, 5.74) is 0. The normalized spacial score (nSPS) is 22.0. The van der Waals surface area contributed by atoms with Crippen LogP contribution in [-0.2, 0) is 24.2 Å². The predicted octanol–water partition coefficient (Wildman–Crippen LogP) is 3.82. The number of hydrogen-bond donors (Lipinski definition) is 1. The highest BCUT2D eigenvalue weighted by molar-refractivity contribution is 7.91. The van der Waals surface area contributed by atoms with Crippen molar-refractivity contribution in [3.8, 4) is 0 Å². The zero-order chi connectivity index (χ0) is 22.7. The van der Waals surface area contributed by atoms with E-state index in [-0.39, 0.29) is 41.4 Å². The van der Waals surface area contributed by atoms with Crippen molar-refractivity contribution in [3.63, 3.8) is 0 Å². The summed E-state index contributed by atoms with van der Waals surface area (Å²) in [5.74, 6) is -1.17. The molecule has 0 spiro atoms. The molecule has 30 heavy (non-hydrogen) atoms. The first-order valence-corrected chi connectivity index (χ1v) is 12.8. The van der Waals surface area contributed by atoms with Gasteiger partial charge in [0.2, 0.25) is 5.91 Å². The van der Waals surface area contributed by atoms with Gasteiger partial charge in [0.25, 0.3) is 0 Å². The third-order valence-electron chi connectivity index (χ3n) is 5.62. The maximum atomic E-state index is 12.8. The number of esters is 1. The van der Waals surface area contributed by atoms with E-state index in [1.54, 1.807) is 13.0 Å². The molecule has 172 valence electrons. The van der Waals surface area contributed by atoms with Crippen LogP contribution in [0.15, 0.2) is 25.3 Å². The summed E-state index contributed by atoms with van der Waals surface area (Å²) in [5, 5.41) is 2.99. The average molecular weight is 442 g/mol. The monoisotopic (exact) mass is 441 g/mol. The number of cyclic esters (lactones) is 1. The van der Waals surface area contributed by atoms with E-state index in [4.69, 9.17) is 4.74 Å². The maximum Gasteiger partial charge on any atom is 0.309 e. The molecule has 6 nitrogen and oxygen atoms in total. The van der Waals surface area contributed by atoms with E-state index in [2.05, 4.69) is 25.4 Å². The second-order valence-electron chi connectivity index (χ2n) is 8.73. The van der Waals surface area contributed by atoms with Crippen LogP contribution in [0, 0.1) is 17.8 Å². The number of amides is 1. The van der Waals surface area contributed by atoms with Gasteiger partial charge in [-0.2, -0.15) is 0 Å². The molecule has 0 saturated carbocycles. The summed E-state index contributed by atoms with van der Waals surface area (Å²) in [6.07, 6.45) is 8.45. The molecule has 1 heterocycles. The first-order valence-electron chi connectivity index (χ1n) is 11.0. The number of rotatable bonds is 15. The first kappa shape index (κ1) is 26.4. The van der Waals surface area contributed by atoms with Crippen molar-refractivity contribution in [1.82, 2.24) is 5.32 Å². The second-order valence-corrected chi connectivity index (χ2v) is 11.0.